The number of anilines is 1. The number of ether oxygens (including phenoxy) is 1. The van der Waals surface area contributed by atoms with Gasteiger partial charge in [-0.2, -0.15) is 0 Å². The second-order valence-corrected chi connectivity index (χ2v) is 8.38. The van der Waals surface area contributed by atoms with Crippen LogP contribution in [0.3, 0.4) is 0 Å². The molecule has 176 valence electrons. The van der Waals surface area contributed by atoms with Crippen molar-refractivity contribution in [2.24, 2.45) is 0 Å². The molecule has 6 heteroatoms. The molecule has 34 heavy (non-hydrogen) atoms. The van der Waals surface area contributed by atoms with Crippen LogP contribution in [0, 0.1) is 0 Å². The van der Waals surface area contributed by atoms with Gasteiger partial charge in [0.15, 0.2) is 0 Å². The van der Waals surface area contributed by atoms with Gasteiger partial charge in [-0.1, -0.05) is 30.3 Å². The van der Waals surface area contributed by atoms with E-state index in [-0.39, 0.29) is 11.9 Å². The second kappa shape index (κ2) is 11.5. The molecule has 0 fully saturated rings. The van der Waals surface area contributed by atoms with Crippen molar-refractivity contribution in [3.05, 3.63) is 77.0 Å². The summed E-state index contributed by atoms with van der Waals surface area (Å²) >= 11 is 0. The first-order chi connectivity index (χ1) is 16.7. The number of rotatable bonds is 9. The van der Waals surface area contributed by atoms with E-state index in [0.717, 1.165) is 36.9 Å². The van der Waals surface area contributed by atoms with Gasteiger partial charge in [-0.3, -0.25) is 9.78 Å². The average molecular weight is 458 g/mol. The van der Waals surface area contributed by atoms with Gasteiger partial charge >= 0.3 is 5.97 Å². The summed E-state index contributed by atoms with van der Waals surface area (Å²) in [5.41, 5.74) is 6.25. The number of nitrogens with zero attached hydrogens (tertiary/aromatic N) is 1. The Balaban J connectivity index is 1.29. The molecule has 0 unspecified atom stereocenters. The molecule has 0 bridgehead atoms. The number of benzene rings is 2. The average Bonchev–Trinajstić information content (AvgIpc) is 2.87. The Morgan fingerprint density at radius 3 is 2.65 bits per heavy atom. The molecule has 4 rings (SSSR count). The summed E-state index contributed by atoms with van der Waals surface area (Å²) in [5, 5.41) is 7.79. The molecule has 2 aromatic carbocycles. The van der Waals surface area contributed by atoms with Gasteiger partial charge in [0.05, 0.1) is 12.1 Å². The van der Waals surface area contributed by atoms with Crippen LogP contribution in [0.2, 0.25) is 0 Å². The Bertz CT molecular complexity index is 1190. The van der Waals surface area contributed by atoms with Gasteiger partial charge in [-0.25, -0.2) is 4.79 Å². The lowest BCUT2D eigenvalue weighted by Gasteiger charge is -2.21. The Labute approximate surface area is 200 Å². The quantitative estimate of drug-likeness (QED) is 0.271. The topological polar surface area (TPSA) is 80.3 Å². The minimum atomic E-state index is -0.377. The van der Waals surface area contributed by atoms with E-state index < -0.39 is 0 Å². The number of carbonyl (C=O) groups is 2. The summed E-state index contributed by atoms with van der Waals surface area (Å²) in [4.78, 5) is 28.8. The van der Waals surface area contributed by atoms with E-state index in [2.05, 4.69) is 28.8 Å². The van der Waals surface area contributed by atoms with Crippen LogP contribution in [0.25, 0.3) is 17.0 Å². The summed E-state index contributed by atoms with van der Waals surface area (Å²) in [7, 11) is 0. The van der Waals surface area contributed by atoms with Crippen molar-refractivity contribution in [3.8, 4) is 0 Å². The molecular weight excluding hydrogens is 426 g/mol. The van der Waals surface area contributed by atoms with E-state index in [1.165, 1.54) is 41.2 Å². The molecule has 1 aromatic heterocycles. The Hall–Kier alpha value is -3.67. The van der Waals surface area contributed by atoms with Gasteiger partial charge in [-0.15, -0.1) is 0 Å². The van der Waals surface area contributed by atoms with E-state index in [9.17, 15) is 9.59 Å². The maximum absolute atomic E-state index is 12.5. The zero-order valence-electron chi connectivity index (χ0n) is 19.6. The van der Waals surface area contributed by atoms with Crippen LogP contribution in [-0.4, -0.2) is 36.6 Å². The lowest BCUT2D eigenvalue weighted by Crippen LogP contribution is -2.26. The summed E-state index contributed by atoms with van der Waals surface area (Å²) in [5.74, 6) is -0.481. The molecule has 0 radical (unpaired) electrons. The number of amides is 1. The number of fused-ring (bicyclic) bond motifs is 2. The van der Waals surface area contributed by atoms with E-state index in [1.54, 1.807) is 25.1 Å². The van der Waals surface area contributed by atoms with E-state index in [0.29, 0.717) is 18.7 Å². The van der Waals surface area contributed by atoms with Gasteiger partial charge in [-0.05, 0) is 74.4 Å². The molecule has 0 saturated heterocycles. The molecule has 1 aliphatic carbocycles. The summed E-state index contributed by atoms with van der Waals surface area (Å²) in [6.45, 7) is 3.47. The number of hydrogen-bond acceptors (Lipinski definition) is 5. The number of esters is 1. The first-order valence-corrected chi connectivity index (χ1v) is 12.0. The first kappa shape index (κ1) is 23.5. The van der Waals surface area contributed by atoms with Crippen molar-refractivity contribution in [1.82, 2.24) is 10.3 Å². The van der Waals surface area contributed by atoms with Crippen LogP contribution in [0.4, 0.5) is 5.69 Å². The second-order valence-electron chi connectivity index (χ2n) is 8.38. The van der Waals surface area contributed by atoms with Crippen LogP contribution < -0.4 is 10.6 Å². The predicted octanol–water partition coefficient (Wildman–Crippen LogP) is 4.92. The monoisotopic (exact) mass is 457 g/mol. The van der Waals surface area contributed by atoms with Crippen molar-refractivity contribution in [1.29, 1.82) is 0 Å². The molecule has 1 aliphatic rings. The Morgan fingerprint density at radius 2 is 1.82 bits per heavy atom. The summed E-state index contributed by atoms with van der Waals surface area (Å²) in [6, 6.07) is 15.4. The van der Waals surface area contributed by atoms with Crippen molar-refractivity contribution in [3.63, 3.8) is 0 Å². The molecule has 1 amide bonds. The third kappa shape index (κ3) is 5.81. The predicted molar refractivity (Wildman–Crippen MR) is 136 cm³/mol. The molecule has 0 saturated carbocycles. The van der Waals surface area contributed by atoms with Gasteiger partial charge in [0.1, 0.15) is 0 Å². The standard InChI is InChI=1S/C28H31N3O3/c1-2-34-26(32)17-14-20-12-15-21(16-13-20)28(33)30-19-7-18-29-27-22-8-3-5-10-24(22)31-25-11-6-4-9-23(25)27/h3,5,8,10,12-17H,2,4,6-7,9,11,18-19H2,1H3,(H,29,31)(H,30,33)/b17-14+. The van der Waals surface area contributed by atoms with Crippen LogP contribution >= 0.6 is 0 Å². The third-order valence-corrected chi connectivity index (χ3v) is 5.98. The fourth-order valence-corrected chi connectivity index (χ4v) is 4.28. The zero-order valence-corrected chi connectivity index (χ0v) is 19.6. The number of hydrogen-bond donors (Lipinski definition) is 2. The molecule has 3 aromatic rings. The van der Waals surface area contributed by atoms with E-state index in [1.807, 2.05) is 18.2 Å². The largest absolute Gasteiger partial charge is 0.463 e. The van der Waals surface area contributed by atoms with Crippen LogP contribution in [0.15, 0.2) is 54.6 Å². The van der Waals surface area contributed by atoms with Crippen LogP contribution in [-0.2, 0) is 22.4 Å². The highest BCUT2D eigenvalue weighted by Crippen LogP contribution is 2.33. The number of nitrogens with one attached hydrogen (secondary N) is 2. The first-order valence-electron chi connectivity index (χ1n) is 12.0. The fourth-order valence-electron chi connectivity index (χ4n) is 4.28. The highest BCUT2D eigenvalue weighted by molar-refractivity contribution is 5.95. The van der Waals surface area contributed by atoms with Gasteiger partial charge < -0.3 is 15.4 Å². The zero-order chi connectivity index (χ0) is 23.8. The van der Waals surface area contributed by atoms with Gasteiger partial charge in [0.25, 0.3) is 5.91 Å². The van der Waals surface area contributed by atoms with Crippen molar-refractivity contribution >= 4 is 34.5 Å². The number of pyridine rings is 1. The number of aryl methyl sites for hydroxylation is 1. The molecule has 2 N–H and O–H groups in total. The van der Waals surface area contributed by atoms with Crippen molar-refractivity contribution in [2.45, 2.75) is 39.0 Å². The number of aromatic nitrogens is 1. The highest BCUT2D eigenvalue weighted by atomic mass is 16.5. The smallest absolute Gasteiger partial charge is 0.330 e. The number of carbonyl (C=O) groups excluding carboxylic acids is 2. The van der Waals surface area contributed by atoms with Crippen LogP contribution in [0.1, 0.15) is 53.4 Å². The fraction of sp³-hybridized carbons (Fsp3) is 0.321. The third-order valence-electron chi connectivity index (χ3n) is 5.98. The SMILES string of the molecule is CCOC(=O)/C=C/c1ccc(C(=O)NCCCNc2c3c(nc4ccccc24)CCCC3)cc1. The van der Waals surface area contributed by atoms with Crippen molar-refractivity contribution < 1.29 is 14.3 Å². The van der Waals surface area contributed by atoms with Crippen molar-refractivity contribution in [2.75, 3.05) is 25.0 Å². The molecule has 1 heterocycles. The normalized spacial score (nSPS) is 13.0. The summed E-state index contributed by atoms with van der Waals surface area (Å²) in [6.07, 6.45) is 8.39. The highest BCUT2D eigenvalue weighted by Gasteiger charge is 2.17. The molecule has 6 nitrogen and oxygen atoms in total. The molecule has 0 atom stereocenters. The molecular formula is C28H31N3O3. The van der Waals surface area contributed by atoms with E-state index >= 15 is 0 Å². The number of para-hydroxylation sites is 1. The minimum Gasteiger partial charge on any atom is -0.463 e. The molecule has 0 aliphatic heterocycles. The summed E-state index contributed by atoms with van der Waals surface area (Å²) < 4.78 is 4.87. The lowest BCUT2D eigenvalue weighted by molar-refractivity contribution is -0.137. The molecule has 0 spiro atoms. The van der Waals surface area contributed by atoms with E-state index in [4.69, 9.17) is 9.72 Å². The van der Waals surface area contributed by atoms with Gasteiger partial charge in [0, 0.05) is 41.5 Å². The van der Waals surface area contributed by atoms with Gasteiger partial charge in [0.2, 0.25) is 0 Å². The lowest BCUT2D eigenvalue weighted by atomic mass is 9.92. The maximum Gasteiger partial charge on any atom is 0.330 e. The Kier molecular flexibility index (Phi) is 7.91. The minimum absolute atomic E-state index is 0.104. The Morgan fingerprint density at radius 1 is 1.03 bits per heavy atom. The van der Waals surface area contributed by atoms with Crippen LogP contribution in [0.5, 0.6) is 0 Å². The maximum atomic E-state index is 12.5.